The molecule has 260 valence electrons. The normalized spacial score (nSPS) is 17.1. The van der Waals surface area contributed by atoms with Gasteiger partial charge in [0, 0.05) is 34.0 Å². The molecule has 3 N–H and O–H groups in total. The SMILES string of the molecule is Cc1nccc(-c2ccc(C[C@H](NC(=O)C3Cc4cc5c(cc4CN3C(=O)c3ccccc3)O[C@@H](c3ccc(I)cc3)CO5)C(O)O)cc2)c1C. The summed E-state index contributed by atoms with van der Waals surface area (Å²) in [6.45, 7) is 4.51. The molecule has 4 aromatic carbocycles. The lowest BCUT2D eigenvalue weighted by Crippen LogP contribution is -2.56. The van der Waals surface area contributed by atoms with Crippen LogP contribution in [0.4, 0.5) is 0 Å². The van der Waals surface area contributed by atoms with Gasteiger partial charge in [-0.15, -0.1) is 0 Å². The molecule has 0 bridgehead atoms. The number of aromatic nitrogens is 1. The minimum atomic E-state index is -1.83. The molecule has 9 nitrogen and oxygen atoms in total. The van der Waals surface area contributed by atoms with Gasteiger partial charge in [-0.3, -0.25) is 14.6 Å². The van der Waals surface area contributed by atoms with E-state index in [1.807, 2.05) is 86.6 Å². The summed E-state index contributed by atoms with van der Waals surface area (Å²) < 4.78 is 13.7. The smallest absolute Gasteiger partial charge is 0.254 e. The van der Waals surface area contributed by atoms with Gasteiger partial charge in [0.05, 0.1) is 6.04 Å². The second-order valence-electron chi connectivity index (χ2n) is 13.1. The number of benzene rings is 4. The summed E-state index contributed by atoms with van der Waals surface area (Å²) in [5, 5.41) is 23.7. The van der Waals surface area contributed by atoms with Crippen LogP contribution >= 0.6 is 22.6 Å². The van der Waals surface area contributed by atoms with E-state index in [1.165, 1.54) is 0 Å². The molecule has 2 aliphatic heterocycles. The Kier molecular flexibility index (Phi) is 10.1. The Hall–Kier alpha value is -4.78. The molecule has 0 aliphatic carbocycles. The molecule has 0 radical (unpaired) electrons. The van der Waals surface area contributed by atoms with Gasteiger partial charge >= 0.3 is 0 Å². The minimum absolute atomic E-state index is 0.160. The average Bonchev–Trinajstić information content (AvgIpc) is 3.14. The molecule has 2 amide bonds. The molecule has 51 heavy (non-hydrogen) atoms. The number of aryl methyl sites for hydroxylation is 1. The van der Waals surface area contributed by atoms with E-state index in [-0.39, 0.29) is 31.4 Å². The van der Waals surface area contributed by atoms with Crippen LogP contribution in [0.5, 0.6) is 11.5 Å². The molecule has 10 heteroatoms. The van der Waals surface area contributed by atoms with Crippen LogP contribution in [0.3, 0.4) is 0 Å². The molecule has 0 saturated heterocycles. The van der Waals surface area contributed by atoms with E-state index in [2.05, 4.69) is 32.9 Å². The molecule has 5 aromatic rings. The second-order valence-corrected chi connectivity index (χ2v) is 14.3. The molecule has 0 saturated carbocycles. The highest BCUT2D eigenvalue weighted by Crippen LogP contribution is 2.41. The molecule has 1 aromatic heterocycles. The number of amides is 2. The first-order valence-electron chi connectivity index (χ1n) is 16.9. The van der Waals surface area contributed by atoms with Gasteiger partial charge in [-0.2, -0.15) is 0 Å². The number of pyridine rings is 1. The van der Waals surface area contributed by atoms with E-state index in [1.54, 1.807) is 35.4 Å². The summed E-state index contributed by atoms with van der Waals surface area (Å²) in [6.07, 6.45) is 0.0653. The van der Waals surface area contributed by atoms with Gasteiger partial charge in [0.2, 0.25) is 5.91 Å². The fourth-order valence-corrected chi connectivity index (χ4v) is 7.08. The molecular weight excluding hydrogens is 757 g/mol. The molecule has 0 spiro atoms. The summed E-state index contributed by atoms with van der Waals surface area (Å²) >= 11 is 2.27. The summed E-state index contributed by atoms with van der Waals surface area (Å²) in [5.74, 6) is 0.395. The molecule has 3 atom stereocenters. The number of aliphatic hydroxyl groups excluding tert-OH is 1. The van der Waals surface area contributed by atoms with Crippen molar-refractivity contribution in [2.75, 3.05) is 6.61 Å². The summed E-state index contributed by atoms with van der Waals surface area (Å²) in [6, 6.07) is 28.6. The Balaban J connectivity index is 1.13. The number of hydrogen-bond acceptors (Lipinski definition) is 7. The average molecular weight is 796 g/mol. The number of nitrogens with one attached hydrogen (secondary N) is 1. The Morgan fingerprint density at radius 2 is 1.67 bits per heavy atom. The zero-order chi connectivity index (χ0) is 35.6. The molecule has 0 fully saturated rings. The summed E-state index contributed by atoms with van der Waals surface area (Å²) in [7, 11) is 0. The largest absolute Gasteiger partial charge is 0.485 e. The first kappa shape index (κ1) is 34.7. The molecule has 3 heterocycles. The zero-order valence-corrected chi connectivity index (χ0v) is 30.4. The van der Waals surface area contributed by atoms with Crippen LogP contribution < -0.4 is 14.8 Å². The van der Waals surface area contributed by atoms with Crippen molar-refractivity contribution in [3.63, 3.8) is 0 Å². The lowest BCUT2D eigenvalue weighted by atomic mass is 9.91. The van der Waals surface area contributed by atoms with Gasteiger partial charge in [-0.05, 0) is 124 Å². The van der Waals surface area contributed by atoms with Crippen LogP contribution in [-0.2, 0) is 24.2 Å². The number of nitrogens with zero attached hydrogens (tertiary/aromatic N) is 2. The quantitative estimate of drug-likeness (QED) is 0.129. The molecular formula is C41H38IN3O6. The minimum Gasteiger partial charge on any atom is -0.485 e. The Bertz CT molecular complexity index is 2050. The van der Waals surface area contributed by atoms with Gasteiger partial charge in [0.25, 0.3) is 5.91 Å². The zero-order valence-electron chi connectivity index (χ0n) is 28.3. The van der Waals surface area contributed by atoms with Gasteiger partial charge in [-0.1, -0.05) is 54.6 Å². The number of hydrogen-bond donors (Lipinski definition) is 3. The lowest BCUT2D eigenvalue weighted by molar-refractivity contribution is -0.131. The van der Waals surface area contributed by atoms with Gasteiger partial charge in [0.1, 0.15) is 12.6 Å². The van der Waals surface area contributed by atoms with E-state index in [0.29, 0.717) is 23.7 Å². The van der Waals surface area contributed by atoms with Crippen molar-refractivity contribution in [2.24, 2.45) is 0 Å². The standard InChI is InChI=1S/C41H38IN3O6/c1-24-25(2)43-17-16-33(24)27-10-8-26(9-11-27)18-34(41(48)49)44-39(46)35-19-30-20-36-37(51-38(23-50-36)28-12-14-32(42)15-13-28)21-31(30)22-45(35)40(47)29-6-4-3-5-7-29/h3-17,20-21,34-35,38,41,48-49H,18-19,22-23H2,1-2H3,(H,44,46)/t34-,35?,38+/m0/s1. The Morgan fingerprint density at radius 1 is 0.941 bits per heavy atom. The van der Waals surface area contributed by atoms with Crippen molar-refractivity contribution >= 4 is 34.4 Å². The fourth-order valence-electron chi connectivity index (χ4n) is 6.72. The number of fused-ring (bicyclic) bond motifs is 2. The third-order valence-electron chi connectivity index (χ3n) is 9.75. The topological polar surface area (TPSA) is 121 Å². The van der Waals surface area contributed by atoms with Crippen LogP contribution in [0.25, 0.3) is 11.1 Å². The third kappa shape index (κ3) is 7.49. The summed E-state index contributed by atoms with van der Waals surface area (Å²) in [4.78, 5) is 34.0. The number of rotatable bonds is 8. The van der Waals surface area contributed by atoms with Crippen molar-refractivity contribution in [1.82, 2.24) is 15.2 Å². The highest BCUT2D eigenvalue weighted by atomic mass is 127. The third-order valence-corrected chi connectivity index (χ3v) is 10.5. The van der Waals surface area contributed by atoms with Crippen molar-refractivity contribution < 1.29 is 29.3 Å². The van der Waals surface area contributed by atoms with E-state index in [9.17, 15) is 19.8 Å². The maximum absolute atomic E-state index is 14.1. The molecule has 2 aliphatic rings. The van der Waals surface area contributed by atoms with Crippen LogP contribution in [0, 0.1) is 17.4 Å². The maximum Gasteiger partial charge on any atom is 0.254 e. The highest BCUT2D eigenvalue weighted by molar-refractivity contribution is 14.1. The Morgan fingerprint density at radius 3 is 2.39 bits per heavy atom. The maximum atomic E-state index is 14.1. The van der Waals surface area contributed by atoms with Crippen LogP contribution in [-0.4, -0.2) is 56.9 Å². The lowest BCUT2D eigenvalue weighted by Gasteiger charge is -2.38. The van der Waals surface area contributed by atoms with Gasteiger partial charge < -0.3 is 29.9 Å². The van der Waals surface area contributed by atoms with Gasteiger partial charge in [0.15, 0.2) is 23.9 Å². The predicted molar refractivity (Wildman–Crippen MR) is 201 cm³/mol. The fraction of sp³-hybridized carbons (Fsp3) is 0.244. The summed E-state index contributed by atoms with van der Waals surface area (Å²) in [5.41, 5.74) is 8.14. The number of aliphatic hydroxyl groups is 2. The van der Waals surface area contributed by atoms with Gasteiger partial charge in [-0.25, -0.2) is 0 Å². The van der Waals surface area contributed by atoms with Crippen molar-refractivity contribution in [3.05, 3.63) is 146 Å². The molecule has 1 unspecified atom stereocenters. The number of carbonyl (C=O) groups excluding carboxylic acids is 2. The first-order valence-corrected chi connectivity index (χ1v) is 18.0. The van der Waals surface area contributed by atoms with E-state index in [4.69, 9.17) is 9.47 Å². The predicted octanol–water partition coefficient (Wildman–Crippen LogP) is 6.09. The van der Waals surface area contributed by atoms with Crippen LogP contribution in [0.15, 0.2) is 103 Å². The van der Waals surface area contributed by atoms with Crippen molar-refractivity contribution in [3.8, 4) is 22.6 Å². The number of carbonyl (C=O) groups is 2. The number of ether oxygens (including phenoxy) is 2. The first-order chi connectivity index (χ1) is 24.6. The molecule has 7 rings (SSSR count). The monoisotopic (exact) mass is 795 g/mol. The van der Waals surface area contributed by atoms with E-state index < -0.39 is 24.3 Å². The number of halogens is 1. The van der Waals surface area contributed by atoms with Crippen molar-refractivity contribution in [1.29, 1.82) is 0 Å². The highest BCUT2D eigenvalue weighted by Gasteiger charge is 2.38. The van der Waals surface area contributed by atoms with Crippen LogP contribution in [0.1, 0.15) is 50.0 Å². The second kappa shape index (κ2) is 14.8. The van der Waals surface area contributed by atoms with E-state index >= 15 is 0 Å². The van der Waals surface area contributed by atoms with E-state index in [0.717, 1.165) is 48.2 Å². The van der Waals surface area contributed by atoms with Crippen molar-refractivity contribution in [2.45, 2.75) is 57.7 Å². The Labute approximate surface area is 310 Å². The van der Waals surface area contributed by atoms with Crippen LogP contribution in [0.2, 0.25) is 0 Å².